The van der Waals surface area contributed by atoms with Gasteiger partial charge in [-0.1, -0.05) is 0 Å². The second kappa shape index (κ2) is 6.38. The summed E-state index contributed by atoms with van der Waals surface area (Å²) >= 11 is 0. The predicted molar refractivity (Wildman–Crippen MR) is 89.9 cm³/mol. The average molecular weight is 299 g/mol. The summed E-state index contributed by atoms with van der Waals surface area (Å²) in [7, 11) is 0. The lowest BCUT2D eigenvalue weighted by Gasteiger charge is -2.33. The van der Waals surface area contributed by atoms with Crippen molar-refractivity contribution in [2.75, 3.05) is 23.7 Å². The Morgan fingerprint density at radius 3 is 2.41 bits per heavy atom. The maximum absolute atomic E-state index is 5.76. The van der Waals surface area contributed by atoms with Crippen LogP contribution in [0.4, 0.5) is 11.4 Å². The summed E-state index contributed by atoms with van der Waals surface area (Å²) in [6, 6.07) is 8.21. The minimum absolute atomic E-state index is 0.786. The zero-order chi connectivity index (χ0) is 15.5. The van der Waals surface area contributed by atoms with Crippen LogP contribution in [-0.4, -0.2) is 27.9 Å². The molecular weight excluding hydrogens is 274 g/mol. The van der Waals surface area contributed by atoms with Crippen LogP contribution in [0.1, 0.15) is 30.9 Å². The molecule has 0 unspecified atom stereocenters. The van der Waals surface area contributed by atoms with Crippen molar-refractivity contribution in [3.05, 3.63) is 35.9 Å². The maximum Gasteiger partial charge on any atom is 0.147 e. The van der Waals surface area contributed by atoms with Crippen LogP contribution in [0.3, 0.4) is 0 Å². The molecule has 1 aromatic heterocycles. The summed E-state index contributed by atoms with van der Waals surface area (Å²) in [5, 5.41) is 4.45. The molecule has 3 rings (SSSR count). The third-order valence-electron chi connectivity index (χ3n) is 4.58. The van der Waals surface area contributed by atoms with Gasteiger partial charge in [-0.05, 0) is 63.3 Å². The lowest BCUT2D eigenvalue weighted by molar-refractivity contribution is 0.352. The Morgan fingerprint density at radius 2 is 1.82 bits per heavy atom. The van der Waals surface area contributed by atoms with Gasteiger partial charge in [0.25, 0.3) is 0 Å². The molecule has 0 amide bonds. The molecule has 1 fully saturated rings. The topological polar surface area (TPSA) is 60.0 Å². The van der Waals surface area contributed by atoms with Gasteiger partial charge in [0.15, 0.2) is 0 Å². The van der Waals surface area contributed by atoms with Gasteiger partial charge in [0.2, 0.25) is 0 Å². The van der Waals surface area contributed by atoms with Crippen molar-refractivity contribution >= 4 is 11.4 Å². The molecular formula is C17H25N5. The van der Waals surface area contributed by atoms with Crippen LogP contribution in [-0.2, 0) is 6.54 Å². The molecule has 0 spiro atoms. The van der Waals surface area contributed by atoms with Crippen molar-refractivity contribution in [2.45, 2.75) is 39.7 Å². The zero-order valence-corrected chi connectivity index (χ0v) is 13.5. The summed E-state index contributed by atoms with van der Waals surface area (Å²) in [6.07, 6.45) is 3.69. The highest BCUT2D eigenvalue weighted by Crippen LogP contribution is 2.26. The van der Waals surface area contributed by atoms with Crippen molar-refractivity contribution in [2.24, 2.45) is 5.92 Å². The Hall–Kier alpha value is -2.04. The number of rotatable bonds is 4. The monoisotopic (exact) mass is 299 g/mol. The van der Waals surface area contributed by atoms with Gasteiger partial charge in [0.1, 0.15) is 11.6 Å². The third kappa shape index (κ3) is 3.40. The van der Waals surface area contributed by atoms with Crippen LogP contribution < -0.4 is 10.6 Å². The van der Waals surface area contributed by atoms with Gasteiger partial charge in [0, 0.05) is 31.0 Å². The number of piperidine rings is 1. The van der Waals surface area contributed by atoms with E-state index in [0.29, 0.717) is 0 Å². The van der Waals surface area contributed by atoms with Gasteiger partial charge < -0.3 is 10.6 Å². The minimum atomic E-state index is 0.786. The molecule has 1 aliphatic heterocycles. The fraction of sp³-hybridized carbons (Fsp3) is 0.529. The van der Waals surface area contributed by atoms with E-state index >= 15 is 0 Å². The molecule has 0 saturated carbocycles. The van der Waals surface area contributed by atoms with Crippen LogP contribution in [0.2, 0.25) is 0 Å². The lowest BCUT2D eigenvalue weighted by Crippen LogP contribution is -2.34. The normalized spacial score (nSPS) is 16.2. The molecule has 2 N–H and O–H groups in total. The maximum atomic E-state index is 5.76. The molecule has 0 aliphatic carbocycles. The number of aromatic nitrogens is 3. The predicted octanol–water partition coefficient (Wildman–Crippen LogP) is 2.78. The summed E-state index contributed by atoms with van der Waals surface area (Å²) < 4.78 is 2.04. The van der Waals surface area contributed by atoms with E-state index in [-0.39, 0.29) is 0 Å². The van der Waals surface area contributed by atoms with Crippen LogP contribution in [0, 0.1) is 19.8 Å². The minimum Gasteiger partial charge on any atom is -0.399 e. The second-order valence-corrected chi connectivity index (χ2v) is 6.24. The van der Waals surface area contributed by atoms with Gasteiger partial charge in [-0.2, -0.15) is 5.10 Å². The highest BCUT2D eigenvalue weighted by atomic mass is 15.3. The third-order valence-corrected chi connectivity index (χ3v) is 4.58. The fourth-order valence-corrected chi connectivity index (χ4v) is 3.24. The number of aryl methyl sites for hydroxylation is 3. The van der Waals surface area contributed by atoms with E-state index < -0.39 is 0 Å². The highest BCUT2D eigenvalue weighted by molar-refractivity contribution is 5.53. The van der Waals surface area contributed by atoms with E-state index in [9.17, 15) is 0 Å². The van der Waals surface area contributed by atoms with Crippen molar-refractivity contribution in [3.63, 3.8) is 0 Å². The van der Waals surface area contributed by atoms with Gasteiger partial charge in [-0.15, -0.1) is 0 Å². The summed E-state index contributed by atoms with van der Waals surface area (Å²) in [5.41, 5.74) is 7.87. The molecule has 5 nitrogen and oxygen atoms in total. The van der Waals surface area contributed by atoms with Crippen LogP contribution in [0.15, 0.2) is 24.3 Å². The number of anilines is 2. The Labute approximate surface area is 132 Å². The van der Waals surface area contributed by atoms with Crippen molar-refractivity contribution in [1.82, 2.24) is 14.8 Å². The van der Waals surface area contributed by atoms with E-state index in [1.807, 2.05) is 30.7 Å². The van der Waals surface area contributed by atoms with Crippen LogP contribution in [0.5, 0.6) is 0 Å². The Bertz CT molecular complexity index is 608. The summed E-state index contributed by atoms with van der Waals surface area (Å²) in [6.45, 7) is 7.23. The van der Waals surface area contributed by atoms with Gasteiger partial charge in [0.05, 0.1) is 0 Å². The first-order valence-corrected chi connectivity index (χ1v) is 8.10. The first-order chi connectivity index (χ1) is 10.6. The molecule has 2 heterocycles. The van der Waals surface area contributed by atoms with E-state index in [1.165, 1.54) is 24.9 Å². The summed E-state index contributed by atoms with van der Waals surface area (Å²) in [5.74, 6) is 2.68. The number of nitrogens with zero attached hydrogens (tertiary/aromatic N) is 4. The highest BCUT2D eigenvalue weighted by Gasteiger charge is 2.19. The Kier molecular flexibility index (Phi) is 4.32. The molecule has 0 bridgehead atoms. The quantitative estimate of drug-likeness (QED) is 0.882. The Morgan fingerprint density at radius 1 is 1.14 bits per heavy atom. The van der Waals surface area contributed by atoms with Crippen molar-refractivity contribution in [3.8, 4) is 0 Å². The Balaban J connectivity index is 1.49. The van der Waals surface area contributed by atoms with Crippen LogP contribution in [0.25, 0.3) is 0 Å². The number of hydrogen-bond acceptors (Lipinski definition) is 4. The SMILES string of the molecule is Cc1nc(C)n(CCC2CCN(c3ccc(N)cc3)CC2)n1. The molecule has 22 heavy (non-hydrogen) atoms. The van der Waals surface area contributed by atoms with Gasteiger partial charge in [-0.3, -0.25) is 4.68 Å². The molecule has 1 aromatic carbocycles. The first-order valence-electron chi connectivity index (χ1n) is 8.10. The molecule has 1 saturated heterocycles. The molecule has 5 heteroatoms. The smallest absolute Gasteiger partial charge is 0.147 e. The first kappa shape index (κ1) is 14.9. The molecule has 2 aromatic rings. The van der Waals surface area contributed by atoms with Crippen molar-refractivity contribution in [1.29, 1.82) is 0 Å². The van der Waals surface area contributed by atoms with E-state index in [1.54, 1.807) is 0 Å². The van der Waals surface area contributed by atoms with E-state index in [0.717, 1.165) is 42.9 Å². The number of nitrogens with two attached hydrogens (primary N) is 1. The average Bonchev–Trinajstić information content (AvgIpc) is 2.84. The zero-order valence-electron chi connectivity index (χ0n) is 13.5. The summed E-state index contributed by atoms with van der Waals surface area (Å²) in [4.78, 5) is 6.83. The van der Waals surface area contributed by atoms with E-state index in [2.05, 4.69) is 27.1 Å². The molecule has 0 radical (unpaired) electrons. The molecule has 1 aliphatic rings. The van der Waals surface area contributed by atoms with Crippen LogP contribution >= 0.6 is 0 Å². The van der Waals surface area contributed by atoms with Gasteiger partial charge >= 0.3 is 0 Å². The lowest BCUT2D eigenvalue weighted by atomic mass is 9.93. The van der Waals surface area contributed by atoms with Crippen molar-refractivity contribution < 1.29 is 0 Å². The fourth-order valence-electron chi connectivity index (χ4n) is 3.24. The number of benzene rings is 1. The second-order valence-electron chi connectivity index (χ2n) is 6.24. The molecule has 118 valence electrons. The largest absolute Gasteiger partial charge is 0.399 e. The standard InChI is InChI=1S/C17H25N5/c1-13-19-14(2)22(20-13)12-9-15-7-10-21(11-8-15)17-5-3-16(18)4-6-17/h3-6,15H,7-12,18H2,1-2H3. The number of nitrogen functional groups attached to an aromatic ring is 1. The number of hydrogen-bond donors (Lipinski definition) is 1. The molecule has 0 atom stereocenters. The van der Waals surface area contributed by atoms with E-state index in [4.69, 9.17) is 5.73 Å². The van der Waals surface area contributed by atoms with Gasteiger partial charge in [-0.25, -0.2) is 4.98 Å².